The van der Waals surface area contributed by atoms with Gasteiger partial charge in [0.1, 0.15) is 11.6 Å². The highest BCUT2D eigenvalue weighted by molar-refractivity contribution is 6.08. The van der Waals surface area contributed by atoms with Crippen molar-refractivity contribution in [3.8, 4) is 0 Å². The summed E-state index contributed by atoms with van der Waals surface area (Å²) >= 11 is 0. The SMILES string of the molecule is C/C=C(\C)C(=O)c1c(F)cccc1F. The van der Waals surface area contributed by atoms with Crippen molar-refractivity contribution in [1.82, 2.24) is 0 Å². The molecule has 0 saturated heterocycles. The largest absolute Gasteiger partial charge is 0.289 e. The summed E-state index contributed by atoms with van der Waals surface area (Å²) in [7, 11) is 0. The number of hydrogen-bond donors (Lipinski definition) is 0. The number of Topliss-reactive ketones (excluding diaryl/α,β-unsaturated/α-hetero) is 1. The van der Waals surface area contributed by atoms with Gasteiger partial charge in [-0.3, -0.25) is 4.79 Å². The number of halogens is 2. The van der Waals surface area contributed by atoms with Crippen LogP contribution in [0.1, 0.15) is 24.2 Å². The summed E-state index contributed by atoms with van der Waals surface area (Å²) in [6.45, 7) is 3.17. The smallest absolute Gasteiger partial charge is 0.194 e. The molecular weight excluding hydrogens is 186 g/mol. The number of rotatable bonds is 2. The molecule has 0 aliphatic rings. The Kier molecular flexibility index (Phi) is 3.12. The summed E-state index contributed by atoms with van der Waals surface area (Å²) in [5, 5.41) is 0. The fourth-order valence-electron chi connectivity index (χ4n) is 1.04. The molecular formula is C11H10F2O. The summed E-state index contributed by atoms with van der Waals surface area (Å²) in [6.07, 6.45) is 1.52. The molecule has 1 nitrogen and oxygen atoms in total. The molecule has 74 valence electrons. The first-order valence-electron chi connectivity index (χ1n) is 4.19. The van der Waals surface area contributed by atoms with E-state index in [-0.39, 0.29) is 0 Å². The van der Waals surface area contributed by atoms with Crippen LogP contribution in [0.15, 0.2) is 29.8 Å². The van der Waals surface area contributed by atoms with Crippen LogP contribution in [0.2, 0.25) is 0 Å². The lowest BCUT2D eigenvalue weighted by atomic mass is 10.0. The second-order valence-corrected chi connectivity index (χ2v) is 2.90. The van der Waals surface area contributed by atoms with Gasteiger partial charge in [-0.1, -0.05) is 12.1 Å². The van der Waals surface area contributed by atoms with E-state index in [0.29, 0.717) is 5.57 Å². The van der Waals surface area contributed by atoms with Crippen LogP contribution in [0.3, 0.4) is 0 Å². The highest BCUT2D eigenvalue weighted by Gasteiger charge is 2.17. The molecule has 0 aliphatic heterocycles. The molecule has 0 amide bonds. The van der Waals surface area contributed by atoms with Crippen LogP contribution in [0.4, 0.5) is 8.78 Å². The van der Waals surface area contributed by atoms with Crippen molar-refractivity contribution in [2.45, 2.75) is 13.8 Å². The van der Waals surface area contributed by atoms with Crippen molar-refractivity contribution >= 4 is 5.78 Å². The summed E-state index contributed by atoms with van der Waals surface area (Å²) in [5.74, 6) is -2.25. The van der Waals surface area contributed by atoms with Crippen LogP contribution >= 0.6 is 0 Å². The van der Waals surface area contributed by atoms with Gasteiger partial charge in [-0.25, -0.2) is 8.78 Å². The molecule has 0 fully saturated rings. The second kappa shape index (κ2) is 4.13. The van der Waals surface area contributed by atoms with E-state index in [1.807, 2.05) is 0 Å². The van der Waals surface area contributed by atoms with Crippen LogP contribution < -0.4 is 0 Å². The van der Waals surface area contributed by atoms with Crippen LogP contribution in [0.25, 0.3) is 0 Å². The van der Waals surface area contributed by atoms with Crippen molar-refractivity contribution in [1.29, 1.82) is 0 Å². The molecule has 0 aliphatic carbocycles. The van der Waals surface area contributed by atoms with E-state index in [1.165, 1.54) is 19.1 Å². The first-order chi connectivity index (χ1) is 6.57. The fraction of sp³-hybridized carbons (Fsp3) is 0.182. The maximum absolute atomic E-state index is 13.1. The highest BCUT2D eigenvalue weighted by Crippen LogP contribution is 2.16. The summed E-state index contributed by atoms with van der Waals surface area (Å²) in [4.78, 5) is 11.5. The molecule has 0 bridgehead atoms. The van der Waals surface area contributed by atoms with Crippen molar-refractivity contribution < 1.29 is 13.6 Å². The van der Waals surface area contributed by atoms with Crippen LogP contribution in [-0.2, 0) is 0 Å². The van der Waals surface area contributed by atoms with Gasteiger partial charge in [0.25, 0.3) is 0 Å². The van der Waals surface area contributed by atoms with Crippen molar-refractivity contribution in [2.75, 3.05) is 0 Å². The quantitative estimate of drug-likeness (QED) is 0.524. The van der Waals surface area contributed by atoms with E-state index in [2.05, 4.69) is 0 Å². The Morgan fingerprint density at radius 3 is 2.21 bits per heavy atom. The average molecular weight is 196 g/mol. The van der Waals surface area contributed by atoms with Crippen LogP contribution in [0, 0.1) is 11.6 Å². The Morgan fingerprint density at radius 1 is 1.29 bits per heavy atom. The van der Waals surface area contributed by atoms with Crippen molar-refractivity contribution in [3.05, 3.63) is 47.0 Å². The van der Waals surface area contributed by atoms with Crippen molar-refractivity contribution in [3.63, 3.8) is 0 Å². The van der Waals surface area contributed by atoms with Gasteiger partial charge in [-0.15, -0.1) is 0 Å². The second-order valence-electron chi connectivity index (χ2n) is 2.90. The molecule has 1 aromatic carbocycles. The average Bonchev–Trinajstić information content (AvgIpc) is 2.16. The fourth-order valence-corrected chi connectivity index (χ4v) is 1.04. The van der Waals surface area contributed by atoms with Gasteiger partial charge < -0.3 is 0 Å². The third-order valence-electron chi connectivity index (χ3n) is 1.98. The summed E-state index contributed by atoms with van der Waals surface area (Å²) in [5.41, 5.74) is -0.155. The molecule has 0 N–H and O–H groups in total. The van der Waals surface area contributed by atoms with Gasteiger partial charge in [0.15, 0.2) is 5.78 Å². The van der Waals surface area contributed by atoms with Gasteiger partial charge in [0.05, 0.1) is 5.56 Å². The number of hydrogen-bond acceptors (Lipinski definition) is 1. The van der Waals surface area contributed by atoms with Crippen LogP contribution in [0.5, 0.6) is 0 Å². The normalized spacial score (nSPS) is 11.6. The molecule has 0 unspecified atom stereocenters. The van der Waals surface area contributed by atoms with E-state index in [0.717, 1.165) is 12.1 Å². The van der Waals surface area contributed by atoms with E-state index >= 15 is 0 Å². The Bertz CT molecular complexity index is 374. The minimum Gasteiger partial charge on any atom is -0.289 e. The van der Waals surface area contributed by atoms with Gasteiger partial charge in [-0.05, 0) is 31.6 Å². The summed E-state index contributed by atoms with van der Waals surface area (Å²) < 4.78 is 26.2. The lowest BCUT2D eigenvalue weighted by Gasteiger charge is -2.03. The molecule has 0 radical (unpaired) electrons. The van der Waals surface area contributed by atoms with Gasteiger partial charge in [-0.2, -0.15) is 0 Å². The Morgan fingerprint density at radius 2 is 1.79 bits per heavy atom. The molecule has 1 rings (SSSR count). The third-order valence-corrected chi connectivity index (χ3v) is 1.98. The number of benzene rings is 1. The van der Waals surface area contributed by atoms with E-state index < -0.39 is 23.0 Å². The molecule has 0 saturated carbocycles. The minimum atomic E-state index is -0.823. The predicted molar refractivity (Wildman–Crippen MR) is 50.1 cm³/mol. The van der Waals surface area contributed by atoms with Crippen LogP contribution in [-0.4, -0.2) is 5.78 Å². The van der Waals surface area contributed by atoms with Gasteiger partial charge in [0.2, 0.25) is 0 Å². The monoisotopic (exact) mass is 196 g/mol. The first kappa shape index (κ1) is 10.6. The predicted octanol–water partition coefficient (Wildman–Crippen LogP) is 3.11. The zero-order valence-electron chi connectivity index (χ0n) is 7.97. The van der Waals surface area contributed by atoms with E-state index in [9.17, 15) is 13.6 Å². The Balaban J connectivity index is 3.26. The molecule has 0 spiro atoms. The molecule has 3 heteroatoms. The van der Waals surface area contributed by atoms with Gasteiger partial charge >= 0.3 is 0 Å². The topological polar surface area (TPSA) is 17.1 Å². The van der Waals surface area contributed by atoms with E-state index in [4.69, 9.17) is 0 Å². The highest BCUT2D eigenvalue weighted by atomic mass is 19.1. The maximum Gasteiger partial charge on any atom is 0.194 e. The molecule has 0 atom stereocenters. The number of allylic oxidation sites excluding steroid dienone is 2. The standard InChI is InChI=1S/C11H10F2O/c1-3-7(2)11(14)10-8(12)5-4-6-9(10)13/h3-6H,1-2H3/b7-3+. The number of ketones is 1. The molecule has 0 heterocycles. The lowest BCUT2D eigenvalue weighted by molar-refractivity contribution is 0.102. The number of carbonyl (C=O) groups excluding carboxylic acids is 1. The first-order valence-corrected chi connectivity index (χ1v) is 4.19. The summed E-state index contributed by atoms with van der Waals surface area (Å²) in [6, 6.07) is 3.37. The zero-order chi connectivity index (χ0) is 10.7. The lowest BCUT2D eigenvalue weighted by Crippen LogP contribution is -2.06. The molecule has 14 heavy (non-hydrogen) atoms. The Hall–Kier alpha value is -1.51. The van der Waals surface area contributed by atoms with E-state index in [1.54, 1.807) is 6.92 Å². The molecule has 0 aromatic heterocycles. The number of carbonyl (C=O) groups is 1. The third kappa shape index (κ3) is 1.87. The zero-order valence-corrected chi connectivity index (χ0v) is 7.97. The van der Waals surface area contributed by atoms with Gasteiger partial charge in [0, 0.05) is 0 Å². The molecule has 1 aromatic rings. The Labute approximate surface area is 81.1 Å². The maximum atomic E-state index is 13.1. The van der Waals surface area contributed by atoms with Crippen molar-refractivity contribution in [2.24, 2.45) is 0 Å². The minimum absolute atomic E-state index is 0.328.